The number of rotatable bonds is 3. The highest BCUT2D eigenvalue weighted by Gasteiger charge is 2.22. The normalized spacial score (nSPS) is 18.7. The van der Waals surface area contributed by atoms with Crippen LogP contribution in [0, 0.1) is 6.92 Å². The number of benzene rings is 1. The summed E-state index contributed by atoms with van der Waals surface area (Å²) in [6, 6.07) is 8.02. The molecule has 0 amide bonds. The van der Waals surface area contributed by atoms with Crippen molar-refractivity contribution in [1.82, 2.24) is 9.88 Å². The summed E-state index contributed by atoms with van der Waals surface area (Å²) < 4.78 is 0. The van der Waals surface area contributed by atoms with E-state index in [9.17, 15) is 9.90 Å². The van der Waals surface area contributed by atoms with E-state index in [2.05, 4.69) is 28.9 Å². The van der Waals surface area contributed by atoms with Gasteiger partial charge in [0.05, 0.1) is 6.10 Å². The lowest BCUT2D eigenvalue weighted by atomic mass is 9.91. The number of piperidine rings is 1. The Labute approximate surface area is 130 Å². The van der Waals surface area contributed by atoms with Crippen LogP contribution in [0.25, 0.3) is 10.8 Å². The van der Waals surface area contributed by atoms with Crippen LogP contribution in [-0.2, 0) is 0 Å². The summed E-state index contributed by atoms with van der Waals surface area (Å²) in [6.45, 7) is 6.57. The largest absolute Gasteiger partial charge is 0.392 e. The topological polar surface area (TPSA) is 56.3 Å². The molecule has 4 nitrogen and oxygen atoms in total. The third kappa shape index (κ3) is 3.08. The number of pyridine rings is 1. The molecule has 0 bridgehead atoms. The number of aromatic nitrogens is 1. The SMILES string of the molecule is Cc1cccc2c(=O)[nH]c(C3CCN(CC(C)O)CC3)cc12. The van der Waals surface area contributed by atoms with Crippen LogP contribution in [0.5, 0.6) is 0 Å². The van der Waals surface area contributed by atoms with Gasteiger partial charge in [0.1, 0.15) is 0 Å². The van der Waals surface area contributed by atoms with Gasteiger partial charge in [-0.25, -0.2) is 0 Å². The van der Waals surface area contributed by atoms with Gasteiger partial charge in [-0.2, -0.15) is 0 Å². The van der Waals surface area contributed by atoms with Crippen molar-refractivity contribution in [3.63, 3.8) is 0 Å². The van der Waals surface area contributed by atoms with Crippen LogP contribution in [-0.4, -0.2) is 40.7 Å². The molecule has 4 heteroatoms. The average Bonchev–Trinajstić information content (AvgIpc) is 2.48. The standard InChI is InChI=1S/C18H24N2O2/c1-12-4-3-5-15-16(12)10-17(19-18(15)22)14-6-8-20(9-7-14)11-13(2)21/h3-5,10,13-14,21H,6-9,11H2,1-2H3,(H,19,22). The Morgan fingerprint density at radius 1 is 1.32 bits per heavy atom. The number of aromatic amines is 1. The quantitative estimate of drug-likeness (QED) is 0.915. The van der Waals surface area contributed by atoms with Crippen molar-refractivity contribution >= 4 is 10.8 Å². The molecule has 1 aromatic carbocycles. The van der Waals surface area contributed by atoms with E-state index in [0.29, 0.717) is 5.92 Å². The lowest BCUT2D eigenvalue weighted by molar-refractivity contribution is 0.109. The fourth-order valence-corrected chi connectivity index (χ4v) is 3.48. The molecule has 1 saturated heterocycles. The highest BCUT2D eigenvalue weighted by molar-refractivity contribution is 5.85. The number of likely N-dealkylation sites (tertiary alicyclic amines) is 1. The Bertz CT molecular complexity index is 713. The molecule has 0 spiro atoms. The second kappa shape index (κ2) is 6.23. The fourth-order valence-electron chi connectivity index (χ4n) is 3.48. The molecule has 3 rings (SSSR count). The first-order chi connectivity index (χ1) is 10.5. The van der Waals surface area contributed by atoms with Gasteiger partial charge in [0.2, 0.25) is 0 Å². The van der Waals surface area contributed by atoms with Gasteiger partial charge in [0.25, 0.3) is 5.56 Å². The van der Waals surface area contributed by atoms with Gasteiger partial charge >= 0.3 is 0 Å². The smallest absolute Gasteiger partial charge is 0.256 e. The zero-order chi connectivity index (χ0) is 15.7. The third-order valence-electron chi connectivity index (χ3n) is 4.68. The van der Waals surface area contributed by atoms with Gasteiger partial charge in [-0.1, -0.05) is 12.1 Å². The van der Waals surface area contributed by atoms with E-state index >= 15 is 0 Å². The highest BCUT2D eigenvalue weighted by atomic mass is 16.3. The number of hydrogen-bond acceptors (Lipinski definition) is 3. The maximum Gasteiger partial charge on any atom is 0.256 e. The molecule has 1 aromatic heterocycles. The number of nitrogens with zero attached hydrogens (tertiary/aromatic N) is 1. The number of β-amino-alcohol motifs (C(OH)–C–C–N with tert-alkyl or cyclic N) is 1. The fraction of sp³-hybridized carbons (Fsp3) is 0.500. The molecule has 2 heterocycles. The van der Waals surface area contributed by atoms with E-state index in [1.807, 2.05) is 19.1 Å². The molecule has 2 N–H and O–H groups in total. The lowest BCUT2D eigenvalue weighted by Crippen LogP contribution is -2.37. The molecule has 0 aliphatic carbocycles. The second-order valence-corrected chi connectivity index (χ2v) is 6.51. The van der Waals surface area contributed by atoms with Crippen LogP contribution in [0.2, 0.25) is 0 Å². The summed E-state index contributed by atoms with van der Waals surface area (Å²) in [4.78, 5) is 17.7. The van der Waals surface area contributed by atoms with Crippen molar-refractivity contribution in [2.24, 2.45) is 0 Å². The van der Waals surface area contributed by atoms with Gasteiger partial charge in [-0.3, -0.25) is 4.79 Å². The van der Waals surface area contributed by atoms with Crippen molar-refractivity contribution in [3.05, 3.63) is 45.9 Å². The van der Waals surface area contributed by atoms with Crippen molar-refractivity contribution < 1.29 is 5.11 Å². The number of aryl methyl sites for hydroxylation is 1. The van der Waals surface area contributed by atoms with Crippen LogP contribution in [0.4, 0.5) is 0 Å². The Morgan fingerprint density at radius 3 is 2.73 bits per heavy atom. The van der Waals surface area contributed by atoms with E-state index < -0.39 is 0 Å². The van der Waals surface area contributed by atoms with Crippen LogP contribution in [0.15, 0.2) is 29.1 Å². The Morgan fingerprint density at radius 2 is 2.05 bits per heavy atom. The van der Waals surface area contributed by atoms with Crippen molar-refractivity contribution in [3.8, 4) is 0 Å². The first-order valence-corrected chi connectivity index (χ1v) is 8.07. The summed E-state index contributed by atoms with van der Waals surface area (Å²) in [5, 5.41) is 11.3. The molecule has 1 unspecified atom stereocenters. The van der Waals surface area contributed by atoms with Crippen molar-refractivity contribution in [2.45, 2.75) is 38.7 Å². The molecule has 0 saturated carbocycles. The minimum absolute atomic E-state index is 0.0163. The number of aliphatic hydroxyl groups is 1. The van der Waals surface area contributed by atoms with E-state index in [1.54, 1.807) is 0 Å². The molecule has 1 atom stereocenters. The van der Waals surface area contributed by atoms with Gasteiger partial charge in [0, 0.05) is 23.5 Å². The minimum Gasteiger partial charge on any atom is -0.392 e. The van der Waals surface area contributed by atoms with E-state index in [0.717, 1.165) is 54.5 Å². The summed E-state index contributed by atoms with van der Waals surface area (Å²) in [5.41, 5.74) is 2.22. The number of nitrogens with one attached hydrogen (secondary N) is 1. The minimum atomic E-state index is -0.278. The molecular formula is C18H24N2O2. The van der Waals surface area contributed by atoms with Crippen LogP contribution in [0.3, 0.4) is 0 Å². The first kappa shape index (κ1) is 15.3. The molecule has 0 radical (unpaired) electrons. The Kier molecular flexibility index (Phi) is 4.32. The van der Waals surface area contributed by atoms with Crippen molar-refractivity contribution in [2.75, 3.05) is 19.6 Å². The lowest BCUT2D eigenvalue weighted by Gasteiger charge is -2.32. The average molecular weight is 300 g/mol. The van der Waals surface area contributed by atoms with Crippen LogP contribution >= 0.6 is 0 Å². The molecular weight excluding hydrogens is 276 g/mol. The summed E-state index contributed by atoms with van der Waals surface area (Å²) in [6.07, 6.45) is 1.78. The second-order valence-electron chi connectivity index (χ2n) is 6.51. The predicted molar refractivity (Wildman–Crippen MR) is 89.4 cm³/mol. The highest BCUT2D eigenvalue weighted by Crippen LogP contribution is 2.28. The number of aliphatic hydroxyl groups excluding tert-OH is 1. The Hall–Kier alpha value is -1.65. The predicted octanol–water partition coefficient (Wildman–Crippen LogP) is 2.40. The van der Waals surface area contributed by atoms with Gasteiger partial charge < -0.3 is 15.0 Å². The van der Waals surface area contributed by atoms with E-state index in [4.69, 9.17) is 0 Å². The monoisotopic (exact) mass is 300 g/mol. The molecule has 1 fully saturated rings. The molecule has 1 aliphatic rings. The first-order valence-electron chi connectivity index (χ1n) is 8.07. The van der Waals surface area contributed by atoms with E-state index in [-0.39, 0.29) is 11.7 Å². The number of hydrogen-bond donors (Lipinski definition) is 2. The van der Waals surface area contributed by atoms with E-state index in [1.165, 1.54) is 0 Å². The maximum atomic E-state index is 12.3. The van der Waals surface area contributed by atoms with Crippen LogP contribution in [0.1, 0.15) is 36.9 Å². The van der Waals surface area contributed by atoms with Crippen LogP contribution < -0.4 is 5.56 Å². The third-order valence-corrected chi connectivity index (χ3v) is 4.68. The molecule has 2 aromatic rings. The van der Waals surface area contributed by atoms with Crippen molar-refractivity contribution in [1.29, 1.82) is 0 Å². The zero-order valence-electron chi connectivity index (χ0n) is 13.3. The molecule has 1 aliphatic heterocycles. The number of fused-ring (bicyclic) bond motifs is 1. The Balaban J connectivity index is 1.83. The zero-order valence-corrected chi connectivity index (χ0v) is 13.3. The van der Waals surface area contributed by atoms with Gasteiger partial charge in [0.15, 0.2) is 0 Å². The maximum absolute atomic E-state index is 12.3. The molecule has 22 heavy (non-hydrogen) atoms. The molecule has 118 valence electrons. The summed E-state index contributed by atoms with van der Waals surface area (Å²) in [5.74, 6) is 0.405. The summed E-state index contributed by atoms with van der Waals surface area (Å²) >= 11 is 0. The number of H-pyrrole nitrogens is 1. The summed E-state index contributed by atoms with van der Waals surface area (Å²) in [7, 11) is 0. The van der Waals surface area contributed by atoms with Gasteiger partial charge in [-0.15, -0.1) is 0 Å². The van der Waals surface area contributed by atoms with Gasteiger partial charge in [-0.05, 0) is 62.9 Å².